The molecule has 3 heteroatoms. The molecule has 1 unspecified atom stereocenters. The first-order valence-corrected chi connectivity index (χ1v) is 6.68. The number of hydrogen-bond donors (Lipinski definition) is 1. The van der Waals surface area contributed by atoms with Gasteiger partial charge < -0.3 is 9.84 Å². The highest BCUT2D eigenvalue weighted by molar-refractivity contribution is 7.12. The van der Waals surface area contributed by atoms with Crippen molar-refractivity contribution in [2.45, 2.75) is 51.2 Å². The second-order valence-electron chi connectivity index (χ2n) is 4.83. The van der Waals surface area contributed by atoms with Crippen molar-refractivity contribution < 1.29 is 9.84 Å². The Morgan fingerprint density at radius 2 is 2.19 bits per heavy atom. The van der Waals surface area contributed by atoms with Gasteiger partial charge in [-0.05, 0) is 44.7 Å². The van der Waals surface area contributed by atoms with E-state index >= 15 is 0 Å². The van der Waals surface area contributed by atoms with Gasteiger partial charge in [-0.2, -0.15) is 0 Å². The van der Waals surface area contributed by atoms with Crippen LogP contribution < -0.4 is 0 Å². The zero-order valence-electron chi connectivity index (χ0n) is 10.2. The Bertz CT molecular complexity index is 360. The monoisotopic (exact) mass is 240 g/mol. The summed E-state index contributed by atoms with van der Waals surface area (Å²) in [4.78, 5) is 2.50. The van der Waals surface area contributed by atoms with Gasteiger partial charge in [0.2, 0.25) is 0 Å². The molecule has 0 amide bonds. The Balaban J connectivity index is 2.07. The number of ether oxygens (including phenoxy) is 1. The zero-order chi connectivity index (χ0) is 11.8. The smallest absolute Gasteiger partial charge is 0.0828 e. The lowest BCUT2D eigenvalue weighted by Gasteiger charge is -2.41. The third-order valence-corrected chi connectivity index (χ3v) is 4.68. The molecule has 1 aliphatic carbocycles. The highest BCUT2D eigenvalue weighted by atomic mass is 32.1. The lowest BCUT2D eigenvalue weighted by Crippen LogP contribution is -2.40. The summed E-state index contributed by atoms with van der Waals surface area (Å²) in [6, 6.07) is 2.10. The molecular formula is C13H20O2S. The number of aryl methyl sites for hydroxylation is 2. The molecule has 2 nitrogen and oxygen atoms in total. The van der Waals surface area contributed by atoms with Crippen LogP contribution in [0.2, 0.25) is 0 Å². The molecular weight excluding hydrogens is 220 g/mol. The van der Waals surface area contributed by atoms with E-state index in [9.17, 15) is 5.11 Å². The minimum atomic E-state index is -0.370. The van der Waals surface area contributed by atoms with E-state index < -0.39 is 0 Å². The van der Waals surface area contributed by atoms with Crippen LogP contribution in [-0.2, 0) is 4.74 Å². The minimum Gasteiger partial charge on any atom is -0.388 e. The standard InChI is InChI=1S/C13H20O2S/c1-9-7-11(10(2)16-9)12(14)8-13(15-3)5-4-6-13/h7,12,14H,4-6,8H2,1-3H3. The van der Waals surface area contributed by atoms with E-state index in [4.69, 9.17) is 4.74 Å². The van der Waals surface area contributed by atoms with Crippen molar-refractivity contribution in [2.24, 2.45) is 0 Å². The predicted octanol–water partition coefficient (Wildman–Crippen LogP) is 3.36. The van der Waals surface area contributed by atoms with E-state index in [1.165, 1.54) is 16.2 Å². The number of hydrogen-bond acceptors (Lipinski definition) is 3. The molecule has 1 fully saturated rings. The average Bonchev–Trinajstić information content (AvgIpc) is 2.51. The summed E-state index contributed by atoms with van der Waals surface area (Å²) in [6.45, 7) is 4.17. The third-order valence-electron chi connectivity index (χ3n) is 3.70. The molecule has 1 atom stereocenters. The molecule has 1 N–H and O–H groups in total. The highest BCUT2D eigenvalue weighted by Crippen LogP contribution is 2.42. The maximum Gasteiger partial charge on any atom is 0.0828 e. The van der Waals surface area contributed by atoms with Gasteiger partial charge in [-0.15, -0.1) is 11.3 Å². The van der Waals surface area contributed by atoms with Gasteiger partial charge in [0.05, 0.1) is 11.7 Å². The van der Waals surface area contributed by atoms with Crippen molar-refractivity contribution in [2.75, 3.05) is 7.11 Å². The summed E-state index contributed by atoms with van der Waals surface area (Å²) in [7, 11) is 1.76. The highest BCUT2D eigenvalue weighted by Gasteiger charge is 2.39. The Morgan fingerprint density at radius 3 is 2.56 bits per heavy atom. The summed E-state index contributed by atoms with van der Waals surface area (Å²) < 4.78 is 5.56. The van der Waals surface area contributed by atoms with Crippen LogP contribution in [-0.4, -0.2) is 17.8 Å². The number of methoxy groups -OCH3 is 1. The zero-order valence-corrected chi connectivity index (χ0v) is 11.1. The third kappa shape index (κ3) is 2.17. The van der Waals surface area contributed by atoms with E-state index in [-0.39, 0.29) is 11.7 Å². The van der Waals surface area contributed by atoms with Gasteiger partial charge in [0, 0.05) is 23.3 Å². The van der Waals surface area contributed by atoms with Gasteiger partial charge in [0.25, 0.3) is 0 Å². The van der Waals surface area contributed by atoms with E-state index in [1.54, 1.807) is 18.4 Å². The molecule has 0 radical (unpaired) electrons. The Morgan fingerprint density at radius 1 is 1.50 bits per heavy atom. The number of aliphatic hydroxyl groups is 1. The van der Waals surface area contributed by atoms with Crippen LogP contribution in [0.3, 0.4) is 0 Å². The largest absolute Gasteiger partial charge is 0.388 e. The Labute approximate surface area is 101 Å². The van der Waals surface area contributed by atoms with E-state index in [0.717, 1.165) is 24.8 Å². The van der Waals surface area contributed by atoms with Gasteiger partial charge in [-0.1, -0.05) is 0 Å². The molecule has 1 saturated carbocycles. The van der Waals surface area contributed by atoms with Crippen molar-refractivity contribution in [1.29, 1.82) is 0 Å². The number of thiophene rings is 1. The molecule has 1 aromatic heterocycles. The molecule has 2 rings (SSSR count). The van der Waals surface area contributed by atoms with Crippen molar-refractivity contribution in [3.05, 3.63) is 21.4 Å². The lowest BCUT2D eigenvalue weighted by atomic mass is 9.75. The molecule has 90 valence electrons. The molecule has 0 bridgehead atoms. The van der Waals surface area contributed by atoms with Crippen molar-refractivity contribution in [3.8, 4) is 0 Å². The fourth-order valence-electron chi connectivity index (χ4n) is 2.51. The molecule has 16 heavy (non-hydrogen) atoms. The van der Waals surface area contributed by atoms with E-state index in [2.05, 4.69) is 19.9 Å². The van der Waals surface area contributed by atoms with E-state index in [1.807, 2.05) is 0 Å². The van der Waals surface area contributed by atoms with Crippen LogP contribution in [0.25, 0.3) is 0 Å². The van der Waals surface area contributed by atoms with E-state index in [0.29, 0.717) is 0 Å². The van der Waals surface area contributed by atoms with Gasteiger partial charge >= 0.3 is 0 Å². The average molecular weight is 240 g/mol. The van der Waals surface area contributed by atoms with Gasteiger partial charge in [0.15, 0.2) is 0 Å². The SMILES string of the molecule is COC1(CC(O)c2cc(C)sc2C)CCC1. The second kappa shape index (κ2) is 4.47. The summed E-state index contributed by atoms with van der Waals surface area (Å²) >= 11 is 1.76. The fourth-order valence-corrected chi connectivity index (χ4v) is 3.49. The molecule has 1 aromatic rings. The molecule has 0 spiro atoms. The number of aliphatic hydroxyl groups excluding tert-OH is 1. The summed E-state index contributed by atoms with van der Waals surface area (Å²) in [5.74, 6) is 0. The molecule has 0 aromatic carbocycles. The Hall–Kier alpha value is -0.380. The molecule has 0 saturated heterocycles. The van der Waals surface area contributed by atoms with Crippen molar-refractivity contribution >= 4 is 11.3 Å². The summed E-state index contributed by atoms with van der Waals surface area (Å²) in [6.07, 6.45) is 3.76. The van der Waals surface area contributed by atoms with Crippen molar-refractivity contribution in [1.82, 2.24) is 0 Å². The summed E-state index contributed by atoms with van der Waals surface area (Å²) in [5, 5.41) is 10.3. The maximum atomic E-state index is 10.3. The van der Waals surface area contributed by atoms with Gasteiger partial charge in [-0.3, -0.25) is 0 Å². The van der Waals surface area contributed by atoms with Crippen LogP contribution >= 0.6 is 11.3 Å². The normalized spacial score (nSPS) is 20.5. The number of rotatable bonds is 4. The molecule has 1 aliphatic rings. The van der Waals surface area contributed by atoms with Crippen LogP contribution in [0.4, 0.5) is 0 Å². The first-order chi connectivity index (χ1) is 7.56. The minimum absolute atomic E-state index is 0.0539. The Kier molecular flexibility index (Phi) is 3.38. The first-order valence-electron chi connectivity index (χ1n) is 5.86. The van der Waals surface area contributed by atoms with Gasteiger partial charge in [-0.25, -0.2) is 0 Å². The first kappa shape index (κ1) is 12.1. The lowest BCUT2D eigenvalue weighted by molar-refractivity contribution is -0.0999. The van der Waals surface area contributed by atoms with Gasteiger partial charge in [0.1, 0.15) is 0 Å². The van der Waals surface area contributed by atoms with Crippen LogP contribution in [0, 0.1) is 13.8 Å². The topological polar surface area (TPSA) is 29.5 Å². The fraction of sp³-hybridized carbons (Fsp3) is 0.692. The second-order valence-corrected chi connectivity index (χ2v) is 6.29. The predicted molar refractivity (Wildman–Crippen MR) is 67.0 cm³/mol. The van der Waals surface area contributed by atoms with Crippen LogP contribution in [0.5, 0.6) is 0 Å². The quantitative estimate of drug-likeness (QED) is 0.874. The summed E-state index contributed by atoms with van der Waals surface area (Å²) in [5.41, 5.74) is 1.03. The van der Waals surface area contributed by atoms with Crippen LogP contribution in [0.15, 0.2) is 6.07 Å². The van der Waals surface area contributed by atoms with Crippen LogP contribution in [0.1, 0.15) is 47.1 Å². The molecule has 0 aliphatic heterocycles. The maximum absolute atomic E-state index is 10.3. The molecule has 1 heterocycles. The van der Waals surface area contributed by atoms with Crippen molar-refractivity contribution in [3.63, 3.8) is 0 Å².